The maximum absolute atomic E-state index is 14.1. The Labute approximate surface area is 217 Å². The summed E-state index contributed by atoms with van der Waals surface area (Å²) in [6.07, 6.45) is 0. The summed E-state index contributed by atoms with van der Waals surface area (Å²) in [6.45, 7) is 1.68. The Morgan fingerprint density at radius 3 is 1.74 bits per heavy atom. The van der Waals surface area contributed by atoms with Crippen LogP contribution in [0.25, 0.3) is 0 Å². The smallest absolute Gasteiger partial charge is 0.264 e. The number of benzene rings is 3. The first-order valence-electron chi connectivity index (χ1n) is 10.1. The van der Waals surface area contributed by atoms with Crippen LogP contribution < -0.4 is 4.90 Å². The number of fused-ring (bicyclic) bond motifs is 1. The van der Waals surface area contributed by atoms with Crippen molar-refractivity contribution in [3.05, 3.63) is 96.4 Å². The number of rotatable bonds is 3. The average molecular weight is 556 g/mol. The van der Waals surface area contributed by atoms with Gasteiger partial charge in [0.1, 0.15) is 17.7 Å². The fourth-order valence-corrected chi connectivity index (χ4v) is 5.46. The van der Waals surface area contributed by atoms with E-state index in [1.165, 1.54) is 47.4 Å². The van der Waals surface area contributed by atoms with E-state index in [9.17, 15) is 23.2 Å². The highest BCUT2D eigenvalue weighted by molar-refractivity contribution is 6.55. The normalized spacial score (nSPS) is 19.3. The van der Waals surface area contributed by atoms with E-state index in [2.05, 4.69) is 0 Å². The van der Waals surface area contributed by atoms with Crippen molar-refractivity contribution in [3.63, 3.8) is 0 Å². The maximum atomic E-state index is 14.1. The number of carbonyl (C=O) groups is 3. The van der Waals surface area contributed by atoms with Crippen molar-refractivity contribution in [1.82, 2.24) is 4.90 Å². The van der Waals surface area contributed by atoms with Gasteiger partial charge in [0.2, 0.25) is 0 Å². The van der Waals surface area contributed by atoms with Gasteiger partial charge in [-0.15, -0.1) is 0 Å². The topological polar surface area (TPSA) is 57.7 Å². The van der Waals surface area contributed by atoms with Crippen molar-refractivity contribution in [2.75, 3.05) is 4.90 Å². The minimum absolute atomic E-state index is 0.202. The summed E-state index contributed by atoms with van der Waals surface area (Å²) < 4.78 is 27.7. The molecule has 0 aromatic heterocycles. The molecule has 0 N–H and O–H groups in total. The third-order valence-corrected chi connectivity index (χ3v) is 7.92. The van der Waals surface area contributed by atoms with Crippen molar-refractivity contribution in [2.45, 2.75) is 19.0 Å². The third-order valence-electron chi connectivity index (χ3n) is 6.12. The molecule has 0 radical (unpaired) electrons. The summed E-state index contributed by atoms with van der Waals surface area (Å²) in [6, 6.07) is 6.86. The van der Waals surface area contributed by atoms with Crippen LogP contribution in [0.3, 0.4) is 0 Å². The summed E-state index contributed by atoms with van der Waals surface area (Å²) >= 11 is 24.6. The molecule has 35 heavy (non-hydrogen) atoms. The molecule has 3 aromatic carbocycles. The van der Waals surface area contributed by atoms with Gasteiger partial charge in [0, 0.05) is 0 Å². The van der Waals surface area contributed by atoms with Gasteiger partial charge in [0.05, 0.1) is 42.9 Å². The monoisotopic (exact) mass is 554 g/mol. The van der Waals surface area contributed by atoms with Gasteiger partial charge in [0.25, 0.3) is 17.7 Å². The van der Waals surface area contributed by atoms with Gasteiger partial charge in [-0.1, -0.05) is 64.6 Å². The minimum Gasteiger partial charge on any atom is -0.300 e. The van der Waals surface area contributed by atoms with E-state index in [0.29, 0.717) is 11.1 Å². The van der Waals surface area contributed by atoms with Crippen molar-refractivity contribution < 1.29 is 23.2 Å². The molecule has 3 amide bonds. The lowest BCUT2D eigenvalue weighted by Crippen LogP contribution is -2.67. The largest absolute Gasteiger partial charge is 0.300 e. The van der Waals surface area contributed by atoms with Crippen LogP contribution in [-0.2, 0) is 4.79 Å². The fraction of sp³-hybridized carbons (Fsp3) is 0.125. The van der Waals surface area contributed by atoms with E-state index in [1.807, 2.05) is 0 Å². The molecule has 178 valence electrons. The predicted molar refractivity (Wildman–Crippen MR) is 129 cm³/mol. The first kappa shape index (κ1) is 24.0. The highest BCUT2D eigenvalue weighted by atomic mass is 35.5. The van der Waals surface area contributed by atoms with Crippen LogP contribution in [0.4, 0.5) is 14.5 Å². The maximum Gasteiger partial charge on any atom is 0.264 e. The van der Waals surface area contributed by atoms with E-state index in [0.717, 1.165) is 4.90 Å². The number of nitrogens with zero attached hydrogens (tertiary/aromatic N) is 2. The molecule has 0 spiro atoms. The summed E-state index contributed by atoms with van der Waals surface area (Å²) in [5.74, 6) is -3.50. The van der Waals surface area contributed by atoms with Crippen LogP contribution in [0.2, 0.25) is 20.1 Å². The van der Waals surface area contributed by atoms with Crippen molar-refractivity contribution in [3.8, 4) is 0 Å². The minimum atomic E-state index is -1.33. The molecule has 0 unspecified atom stereocenters. The number of hydrogen-bond acceptors (Lipinski definition) is 3. The highest BCUT2D eigenvalue weighted by Gasteiger charge is 2.58. The molecule has 1 fully saturated rings. The molecule has 1 saturated heterocycles. The van der Waals surface area contributed by atoms with Crippen LogP contribution in [-0.4, -0.2) is 28.7 Å². The zero-order valence-electron chi connectivity index (χ0n) is 17.6. The standard InChI is InChI=1S/C24H12Cl4F2N2O3/c1-9-2-5-12(30)8-13(9)31-20(10-3-6-11(29)7-4-10)21(24(31)35)32-22(33)14-15(23(32)34)17(26)19(28)18(27)16(14)25/h2-8,20-21H,1H3/t20-,21+/m1/s1. The number of amides is 3. The molecule has 11 heteroatoms. The number of β-lactam (4-membered cyclic amide) rings is 1. The molecule has 0 aliphatic carbocycles. The quantitative estimate of drug-likeness (QED) is 0.157. The van der Waals surface area contributed by atoms with E-state index >= 15 is 0 Å². The van der Waals surface area contributed by atoms with Crippen molar-refractivity contribution >= 4 is 69.8 Å². The number of carbonyl (C=O) groups excluding carboxylic acids is 3. The summed E-state index contributed by atoms with van der Waals surface area (Å²) in [7, 11) is 0. The lowest BCUT2D eigenvalue weighted by Gasteiger charge is -2.50. The fourth-order valence-electron chi connectivity index (χ4n) is 4.45. The number of halogens is 6. The SMILES string of the molecule is Cc1ccc(F)cc1N1C(=O)[C@@H](N2C(=O)c3c(Cl)c(Cl)c(Cl)c(Cl)c3C2=O)[C@H]1c1ccc(F)cc1. The average Bonchev–Trinajstić information content (AvgIpc) is 3.08. The number of hydrogen-bond donors (Lipinski definition) is 0. The lowest BCUT2D eigenvalue weighted by molar-refractivity contribution is -0.130. The van der Waals surface area contributed by atoms with Gasteiger partial charge >= 0.3 is 0 Å². The number of aryl methyl sites for hydroxylation is 1. The van der Waals surface area contributed by atoms with E-state index in [-0.39, 0.29) is 36.9 Å². The molecule has 2 atom stereocenters. The van der Waals surface area contributed by atoms with Gasteiger partial charge in [0.15, 0.2) is 0 Å². The Morgan fingerprint density at radius 2 is 1.20 bits per heavy atom. The number of imide groups is 1. The van der Waals surface area contributed by atoms with Crippen LogP contribution in [0.5, 0.6) is 0 Å². The second-order valence-electron chi connectivity index (χ2n) is 8.07. The van der Waals surface area contributed by atoms with Gasteiger partial charge in [-0.2, -0.15) is 0 Å². The Balaban J connectivity index is 1.65. The Hall–Kier alpha value is -2.71. The van der Waals surface area contributed by atoms with Crippen molar-refractivity contribution in [1.29, 1.82) is 0 Å². The molecule has 2 aliphatic rings. The Kier molecular flexibility index (Phi) is 5.79. The first-order valence-corrected chi connectivity index (χ1v) is 11.6. The molecule has 2 heterocycles. The van der Waals surface area contributed by atoms with Crippen LogP contribution >= 0.6 is 46.4 Å². The summed E-state index contributed by atoms with van der Waals surface area (Å²) in [4.78, 5) is 42.3. The first-order chi connectivity index (χ1) is 16.5. The Morgan fingerprint density at radius 1 is 0.686 bits per heavy atom. The molecule has 3 aromatic rings. The molecule has 5 nitrogen and oxygen atoms in total. The third kappa shape index (κ3) is 3.44. The second kappa shape index (κ2) is 8.45. The van der Waals surface area contributed by atoms with E-state index in [1.54, 1.807) is 6.92 Å². The molecule has 2 aliphatic heterocycles. The zero-order chi connectivity index (χ0) is 25.3. The van der Waals surface area contributed by atoms with E-state index < -0.39 is 41.4 Å². The molecular formula is C24H12Cl4F2N2O3. The molecule has 0 saturated carbocycles. The van der Waals surface area contributed by atoms with Gasteiger partial charge in [-0.25, -0.2) is 8.78 Å². The second-order valence-corrected chi connectivity index (χ2v) is 9.58. The lowest BCUT2D eigenvalue weighted by atomic mass is 9.85. The molecule has 5 rings (SSSR count). The molecule has 0 bridgehead atoms. The Bertz CT molecular complexity index is 1420. The predicted octanol–water partition coefficient (Wildman–Crippen LogP) is 6.64. The zero-order valence-corrected chi connectivity index (χ0v) is 20.6. The van der Waals surface area contributed by atoms with Crippen molar-refractivity contribution in [2.24, 2.45) is 0 Å². The number of anilines is 1. The van der Waals surface area contributed by atoms with Gasteiger partial charge in [-0.3, -0.25) is 19.3 Å². The summed E-state index contributed by atoms with van der Waals surface area (Å²) in [5, 5.41) is -0.932. The van der Waals surface area contributed by atoms with E-state index in [4.69, 9.17) is 46.4 Å². The summed E-state index contributed by atoms with van der Waals surface area (Å²) in [5.41, 5.74) is 0.727. The van der Waals surface area contributed by atoms with Gasteiger partial charge in [-0.05, 0) is 42.3 Å². The highest BCUT2D eigenvalue weighted by Crippen LogP contribution is 2.49. The van der Waals surface area contributed by atoms with Crippen LogP contribution in [0.1, 0.15) is 37.9 Å². The van der Waals surface area contributed by atoms with Crippen LogP contribution in [0.15, 0.2) is 42.5 Å². The van der Waals surface area contributed by atoms with Crippen LogP contribution in [0, 0.1) is 18.6 Å². The molecular weight excluding hydrogens is 544 g/mol. The van der Waals surface area contributed by atoms with Gasteiger partial charge < -0.3 is 4.90 Å².